The number of rotatable bonds is 3. The van der Waals surface area contributed by atoms with E-state index in [0.717, 1.165) is 24.7 Å². The van der Waals surface area contributed by atoms with Crippen LogP contribution in [-0.4, -0.2) is 22.4 Å². The zero-order valence-corrected chi connectivity index (χ0v) is 14.6. The molecule has 2 aromatic carbocycles. The summed E-state index contributed by atoms with van der Waals surface area (Å²) in [6, 6.07) is 12.7. The van der Waals surface area contributed by atoms with Gasteiger partial charge in [0.1, 0.15) is 5.69 Å². The van der Waals surface area contributed by atoms with Gasteiger partial charge in [-0.15, -0.1) is 0 Å². The second-order valence-electron chi connectivity index (χ2n) is 6.29. The van der Waals surface area contributed by atoms with Crippen molar-refractivity contribution in [3.63, 3.8) is 0 Å². The van der Waals surface area contributed by atoms with Gasteiger partial charge >= 0.3 is 6.18 Å². The van der Waals surface area contributed by atoms with Crippen LogP contribution in [0, 0.1) is 0 Å². The number of anilines is 3. The van der Waals surface area contributed by atoms with Crippen molar-refractivity contribution in [1.82, 2.24) is 9.97 Å². The molecule has 0 spiro atoms. The van der Waals surface area contributed by atoms with Crippen LogP contribution in [0.2, 0.25) is 0 Å². The number of carbonyl (C=O) groups is 1. The summed E-state index contributed by atoms with van der Waals surface area (Å²) < 4.78 is 39.2. The molecule has 0 atom stereocenters. The van der Waals surface area contributed by atoms with E-state index in [1.807, 2.05) is 29.2 Å². The van der Waals surface area contributed by atoms with E-state index in [4.69, 9.17) is 0 Å². The number of carbonyl (C=O) groups excluding carboxylic acids is 1. The molecule has 0 aliphatic carbocycles. The third kappa shape index (κ3) is 3.40. The quantitative estimate of drug-likeness (QED) is 0.725. The first-order valence-corrected chi connectivity index (χ1v) is 8.58. The van der Waals surface area contributed by atoms with Crippen molar-refractivity contribution in [2.45, 2.75) is 12.6 Å². The van der Waals surface area contributed by atoms with Gasteiger partial charge in [0, 0.05) is 12.2 Å². The Morgan fingerprint density at radius 3 is 2.50 bits per heavy atom. The number of aromatic nitrogens is 2. The summed E-state index contributed by atoms with van der Waals surface area (Å²) in [6.45, 7) is 0.749. The van der Waals surface area contributed by atoms with Crippen LogP contribution in [0.3, 0.4) is 0 Å². The van der Waals surface area contributed by atoms with E-state index in [1.54, 1.807) is 0 Å². The van der Waals surface area contributed by atoms with Gasteiger partial charge in [-0.25, -0.2) is 9.97 Å². The minimum Gasteiger partial charge on any atom is -0.325 e. The first-order chi connectivity index (χ1) is 13.4. The van der Waals surface area contributed by atoms with Crippen molar-refractivity contribution in [2.24, 2.45) is 0 Å². The number of halogens is 3. The lowest BCUT2D eigenvalue weighted by Crippen LogP contribution is -2.19. The van der Waals surface area contributed by atoms with E-state index >= 15 is 0 Å². The van der Waals surface area contributed by atoms with Gasteiger partial charge in [-0.05, 0) is 30.2 Å². The Balaban J connectivity index is 1.53. The molecular weight excluding hydrogens is 369 g/mol. The molecule has 1 aromatic heterocycles. The smallest absolute Gasteiger partial charge is 0.325 e. The maximum Gasteiger partial charge on any atom is 0.418 e. The molecular formula is C20H15F3N4O. The van der Waals surface area contributed by atoms with Crippen LogP contribution in [-0.2, 0) is 12.6 Å². The standard InChI is InChI=1S/C20H15F3N4O/c21-20(22,23)14-6-2-3-7-15(14)26-19(28)16-11-25-18(12-24-16)27-10-9-13-5-1-4-8-17(13)27/h1-8,11-12H,9-10H2,(H,26,28). The second kappa shape index (κ2) is 6.95. The summed E-state index contributed by atoms with van der Waals surface area (Å²) in [4.78, 5) is 22.7. The highest BCUT2D eigenvalue weighted by Gasteiger charge is 2.33. The van der Waals surface area contributed by atoms with Crippen molar-refractivity contribution < 1.29 is 18.0 Å². The first kappa shape index (κ1) is 18.0. The van der Waals surface area contributed by atoms with Gasteiger partial charge in [0.05, 0.1) is 23.6 Å². The molecule has 3 aromatic rings. The Kier molecular flexibility index (Phi) is 4.46. The van der Waals surface area contributed by atoms with E-state index in [0.29, 0.717) is 5.82 Å². The number of para-hydroxylation sites is 2. The van der Waals surface area contributed by atoms with Crippen LogP contribution in [0.5, 0.6) is 0 Å². The summed E-state index contributed by atoms with van der Waals surface area (Å²) in [5, 5.41) is 2.26. The Morgan fingerprint density at radius 1 is 1.00 bits per heavy atom. The molecule has 0 bridgehead atoms. The Bertz CT molecular complexity index is 1020. The maximum absolute atomic E-state index is 13.1. The third-order valence-corrected chi connectivity index (χ3v) is 4.52. The highest BCUT2D eigenvalue weighted by Crippen LogP contribution is 2.35. The monoisotopic (exact) mass is 384 g/mol. The van der Waals surface area contributed by atoms with Crippen molar-refractivity contribution >= 4 is 23.1 Å². The fourth-order valence-electron chi connectivity index (χ4n) is 3.18. The predicted octanol–water partition coefficient (Wildman–Crippen LogP) is 4.44. The number of alkyl halides is 3. The molecule has 0 fully saturated rings. The van der Waals surface area contributed by atoms with Gasteiger partial charge in [-0.1, -0.05) is 30.3 Å². The van der Waals surface area contributed by atoms with Crippen LogP contribution in [0.1, 0.15) is 21.6 Å². The second-order valence-corrected chi connectivity index (χ2v) is 6.29. The van der Waals surface area contributed by atoms with Crippen molar-refractivity contribution in [1.29, 1.82) is 0 Å². The molecule has 4 rings (SSSR count). The minimum absolute atomic E-state index is 0.0618. The van der Waals surface area contributed by atoms with Gasteiger partial charge < -0.3 is 10.2 Å². The van der Waals surface area contributed by atoms with Crippen LogP contribution in [0.4, 0.5) is 30.4 Å². The molecule has 0 radical (unpaired) electrons. The number of amides is 1. The normalized spacial score (nSPS) is 13.3. The van der Waals surface area contributed by atoms with Crippen molar-refractivity contribution in [3.8, 4) is 0 Å². The van der Waals surface area contributed by atoms with Gasteiger partial charge in [-0.2, -0.15) is 13.2 Å². The lowest BCUT2D eigenvalue weighted by Gasteiger charge is -2.18. The zero-order valence-electron chi connectivity index (χ0n) is 14.6. The molecule has 1 aliphatic rings. The molecule has 1 N–H and O–H groups in total. The molecule has 142 valence electrons. The lowest BCUT2D eigenvalue weighted by atomic mass is 10.1. The Hall–Kier alpha value is -3.42. The molecule has 28 heavy (non-hydrogen) atoms. The van der Waals surface area contributed by atoms with Gasteiger partial charge in [0.25, 0.3) is 5.91 Å². The maximum atomic E-state index is 13.1. The van der Waals surface area contributed by atoms with E-state index in [-0.39, 0.29) is 11.4 Å². The highest BCUT2D eigenvalue weighted by molar-refractivity contribution is 6.03. The van der Waals surface area contributed by atoms with Crippen LogP contribution >= 0.6 is 0 Å². The summed E-state index contributed by atoms with van der Waals surface area (Å²) in [7, 11) is 0. The average molecular weight is 384 g/mol. The summed E-state index contributed by atoms with van der Waals surface area (Å²) >= 11 is 0. The molecule has 2 heterocycles. The topological polar surface area (TPSA) is 58.1 Å². The fourth-order valence-corrected chi connectivity index (χ4v) is 3.18. The largest absolute Gasteiger partial charge is 0.418 e. The summed E-state index contributed by atoms with van der Waals surface area (Å²) in [5.74, 6) is -0.172. The number of fused-ring (bicyclic) bond motifs is 1. The van der Waals surface area contributed by atoms with E-state index < -0.39 is 17.6 Å². The fraction of sp³-hybridized carbons (Fsp3) is 0.150. The van der Waals surface area contributed by atoms with Crippen LogP contribution < -0.4 is 10.2 Å². The van der Waals surface area contributed by atoms with E-state index in [9.17, 15) is 18.0 Å². The van der Waals surface area contributed by atoms with Crippen LogP contribution in [0.25, 0.3) is 0 Å². The van der Waals surface area contributed by atoms with Crippen LogP contribution in [0.15, 0.2) is 60.9 Å². The predicted molar refractivity (Wildman–Crippen MR) is 98.6 cm³/mol. The zero-order chi connectivity index (χ0) is 19.7. The van der Waals surface area contributed by atoms with Gasteiger partial charge in [0.15, 0.2) is 5.82 Å². The highest BCUT2D eigenvalue weighted by atomic mass is 19.4. The van der Waals surface area contributed by atoms with Crippen molar-refractivity contribution in [3.05, 3.63) is 77.7 Å². The molecule has 8 heteroatoms. The average Bonchev–Trinajstić information content (AvgIpc) is 3.12. The first-order valence-electron chi connectivity index (χ1n) is 8.58. The number of nitrogens with one attached hydrogen (secondary N) is 1. The minimum atomic E-state index is -4.57. The Morgan fingerprint density at radius 2 is 1.75 bits per heavy atom. The molecule has 0 saturated heterocycles. The van der Waals surface area contributed by atoms with Gasteiger partial charge in [0.2, 0.25) is 0 Å². The third-order valence-electron chi connectivity index (χ3n) is 4.52. The van der Waals surface area contributed by atoms with E-state index in [1.165, 1.54) is 36.2 Å². The molecule has 0 saturated carbocycles. The molecule has 1 amide bonds. The lowest BCUT2D eigenvalue weighted by molar-refractivity contribution is -0.136. The molecule has 1 aliphatic heterocycles. The number of hydrogen-bond acceptors (Lipinski definition) is 4. The molecule has 0 unspecified atom stereocenters. The summed E-state index contributed by atoms with van der Waals surface area (Å²) in [5.41, 5.74) is 0.942. The SMILES string of the molecule is O=C(Nc1ccccc1C(F)(F)F)c1cnc(N2CCc3ccccc32)cn1. The number of benzene rings is 2. The van der Waals surface area contributed by atoms with E-state index in [2.05, 4.69) is 15.3 Å². The van der Waals surface area contributed by atoms with Gasteiger partial charge in [-0.3, -0.25) is 4.79 Å². The summed E-state index contributed by atoms with van der Waals surface area (Å²) in [6.07, 6.45) is -0.967. The molecule has 5 nitrogen and oxygen atoms in total. The van der Waals surface area contributed by atoms with Crippen molar-refractivity contribution in [2.75, 3.05) is 16.8 Å². The number of hydrogen-bond donors (Lipinski definition) is 1. The number of nitrogens with zero attached hydrogens (tertiary/aromatic N) is 3. The Labute approximate surface area is 158 Å².